The average molecular weight is 295 g/mol. The van der Waals surface area contributed by atoms with Gasteiger partial charge in [0, 0.05) is 9.79 Å². The second-order valence-corrected chi connectivity index (χ2v) is 7.11. The molecule has 1 fully saturated rings. The Labute approximate surface area is 131 Å². The predicted molar refractivity (Wildman–Crippen MR) is 88.9 cm³/mol. The smallest absolute Gasteiger partial charge is 0.0624 e. The van der Waals surface area contributed by atoms with Gasteiger partial charge in [-0.25, -0.2) is 0 Å². The third kappa shape index (κ3) is 2.51. The van der Waals surface area contributed by atoms with Crippen molar-refractivity contribution in [2.24, 2.45) is 0 Å². The second-order valence-electron chi connectivity index (χ2n) is 6.03. The van der Waals surface area contributed by atoms with E-state index in [0.717, 1.165) is 0 Å². The number of benzene rings is 2. The third-order valence-electron chi connectivity index (χ3n) is 4.65. The first-order valence-electron chi connectivity index (χ1n) is 8.03. The molecule has 0 atom stereocenters. The minimum Gasteiger partial charge on any atom is -0.292 e. The Morgan fingerprint density at radius 2 is 1.24 bits per heavy atom. The molecule has 2 heterocycles. The number of hydrogen-bond donors (Lipinski definition) is 0. The standard InChI is InChI=1S/C19H21NS/c1-2-8-14-20(13-7-1)19-15-9-3-5-11-17(15)21-18-12-6-4-10-16(18)19/h3-6,9-12,19H,1-2,7-8,13-14H2. The molecule has 0 bridgehead atoms. The van der Waals surface area contributed by atoms with Crippen LogP contribution in [0.5, 0.6) is 0 Å². The summed E-state index contributed by atoms with van der Waals surface area (Å²) in [5.41, 5.74) is 3.01. The van der Waals surface area contributed by atoms with E-state index in [-0.39, 0.29) is 0 Å². The van der Waals surface area contributed by atoms with Gasteiger partial charge in [-0.2, -0.15) is 0 Å². The van der Waals surface area contributed by atoms with Crippen molar-refractivity contribution in [2.45, 2.75) is 41.5 Å². The van der Waals surface area contributed by atoms with Crippen molar-refractivity contribution in [3.63, 3.8) is 0 Å². The van der Waals surface area contributed by atoms with Crippen LogP contribution < -0.4 is 0 Å². The van der Waals surface area contributed by atoms with Gasteiger partial charge in [-0.15, -0.1) is 0 Å². The van der Waals surface area contributed by atoms with Gasteiger partial charge < -0.3 is 0 Å². The molecule has 0 radical (unpaired) electrons. The number of rotatable bonds is 1. The molecule has 0 amide bonds. The first-order valence-corrected chi connectivity index (χ1v) is 8.85. The fourth-order valence-electron chi connectivity index (χ4n) is 3.63. The summed E-state index contributed by atoms with van der Waals surface area (Å²) in [5, 5.41) is 0. The van der Waals surface area contributed by atoms with Crippen LogP contribution in [0.2, 0.25) is 0 Å². The lowest BCUT2D eigenvalue weighted by Crippen LogP contribution is -2.32. The van der Waals surface area contributed by atoms with Crippen molar-refractivity contribution in [3.8, 4) is 0 Å². The zero-order valence-corrected chi connectivity index (χ0v) is 13.1. The van der Waals surface area contributed by atoms with E-state index in [1.165, 1.54) is 59.7 Å². The highest BCUT2D eigenvalue weighted by molar-refractivity contribution is 7.99. The van der Waals surface area contributed by atoms with E-state index >= 15 is 0 Å². The lowest BCUT2D eigenvalue weighted by atomic mass is 9.96. The first kappa shape index (κ1) is 13.4. The topological polar surface area (TPSA) is 3.24 Å². The molecule has 4 rings (SSSR count). The Hall–Kier alpha value is -1.25. The monoisotopic (exact) mass is 295 g/mol. The van der Waals surface area contributed by atoms with Crippen LogP contribution in [-0.2, 0) is 0 Å². The van der Waals surface area contributed by atoms with Gasteiger partial charge in [0.2, 0.25) is 0 Å². The Kier molecular flexibility index (Phi) is 3.74. The minimum absolute atomic E-state index is 0.455. The van der Waals surface area contributed by atoms with E-state index in [4.69, 9.17) is 0 Å². The molecule has 108 valence electrons. The molecule has 0 spiro atoms. The Bertz CT molecular complexity index is 583. The molecule has 0 N–H and O–H groups in total. The maximum absolute atomic E-state index is 2.71. The SMILES string of the molecule is c1ccc2c(c1)Sc1ccccc1C2N1CCCCCC1. The number of fused-ring (bicyclic) bond motifs is 2. The van der Waals surface area contributed by atoms with Crippen molar-refractivity contribution in [2.75, 3.05) is 13.1 Å². The maximum atomic E-state index is 2.71. The minimum atomic E-state index is 0.455. The van der Waals surface area contributed by atoms with Crippen molar-refractivity contribution >= 4 is 11.8 Å². The Balaban J connectivity index is 1.80. The molecule has 0 unspecified atom stereocenters. The van der Waals surface area contributed by atoms with Gasteiger partial charge in [-0.1, -0.05) is 61.0 Å². The summed E-state index contributed by atoms with van der Waals surface area (Å²) in [7, 11) is 0. The molecule has 21 heavy (non-hydrogen) atoms. The molecule has 2 heteroatoms. The summed E-state index contributed by atoms with van der Waals surface area (Å²) in [4.78, 5) is 5.58. The summed E-state index contributed by atoms with van der Waals surface area (Å²) in [6.45, 7) is 2.47. The van der Waals surface area contributed by atoms with Crippen LogP contribution in [-0.4, -0.2) is 18.0 Å². The highest BCUT2D eigenvalue weighted by atomic mass is 32.2. The second kappa shape index (κ2) is 5.86. The number of nitrogens with zero attached hydrogens (tertiary/aromatic N) is 1. The van der Waals surface area contributed by atoms with Crippen molar-refractivity contribution < 1.29 is 0 Å². The van der Waals surface area contributed by atoms with E-state index < -0.39 is 0 Å². The number of hydrogen-bond acceptors (Lipinski definition) is 2. The zero-order chi connectivity index (χ0) is 14.1. The maximum Gasteiger partial charge on any atom is 0.0624 e. The molecule has 0 aliphatic carbocycles. The van der Waals surface area contributed by atoms with E-state index in [0.29, 0.717) is 6.04 Å². The van der Waals surface area contributed by atoms with E-state index in [9.17, 15) is 0 Å². The van der Waals surface area contributed by atoms with Crippen molar-refractivity contribution in [3.05, 3.63) is 59.7 Å². The fraction of sp³-hybridized carbons (Fsp3) is 0.368. The van der Waals surface area contributed by atoms with E-state index in [1.807, 2.05) is 11.8 Å². The lowest BCUT2D eigenvalue weighted by molar-refractivity contribution is 0.229. The first-order chi connectivity index (χ1) is 10.4. The van der Waals surface area contributed by atoms with Crippen LogP contribution in [0.15, 0.2) is 58.3 Å². The van der Waals surface area contributed by atoms with E-state index in [2.05, 4.69) is 53.4 Å². The van der Waals surface area contributed by atoms with Crippen LogP contribution in [0.1, 0.15) is 42.9 Å². The summed E-state index contributed by atoms with van der Waals surface area (Å²) in [6.07, 6.45) is 5.46. The fourth-order valence-corrected chi connectivity index (χ4v) is 4.76. The quantitative estimate of drug-likeness (QED) is 0.718. The molecule has 0 saturated carbocycles. The molecule has 2 aromatic rings. The van der Waals surface area contributed by atoms with Gasteiger partial charge in [0.05, 0.1) is 6.04 Å². The highest BCUT2D eigenvalue weighted by Crippen LogP contribution is 2.47. The van der Waals surface area contributed by atoms with Gasteiger partial charge in [-0.3, -0.25) is 4.90 Å². The third-order valence-corrected chi connectivity index (χ3v) is 5.84. The molecule has 2 aliphatic rings. The van der Waals surface area contributed by atoms with Gasteiger partial charge in [0.1, 0.15) is 0 Å². The van der Waals surface area contributed by atoms with Crippen molar-refractivity contribution in [1.29, 1.82) is 0 Å². The Morgan fingerprint density at radius 3 is 1.81 bits per heavy atom. The molecule has 0 aromatic heterocycles. The van der Waals surface area contributed by atoms with Crippen LogP contribution >= 0.6 is 11.8 Å². The lowest BCUT2D eigenvalue weighted by Gasteiger charge is -2.36. The molecular formula is C19H21NS. The van der Waals surface area contributed by atoms with Crippen LogP contribution in [0, 0.1) is 0 Å². The Morgan fingerprint density at radius 1 is 0.714 bits per heavy atom. The average Bonchev–Trinajstić information content (AvgIpc) is 2.81. The van der Waals surface area contributed by atoms with E-state index in [1.54, 1.807) is 0 Å². The molecule has 2 aromatic carbocycles. The molecular weight excluding hydrogens is 274 g/mol. The number of likely N-dealkylation sites (tertiary alicyclic amines) is 1. The molecule has 2 aliphatic heterocycles. The van der Waals surface area contributed by atoms with Crippen LogP contribution in [0.25, 0.3) is 0 Å². The zero-order valence-electron chi connectivity index (χ0n) is 12.3. The summed E-state index contributed by atoms with van der Waals surface area (Å²) in [6, 6.07) is 18.4. The summed E-state index contributed by atoms with van der Waals surface area (Å²) in [5.74, 6) is 0. The summed E-state index contributed by atoms with van der Waals surface area (Å²) < 4.78 is 0. The molecule has 1 nitrogen and oxygen atoms in total. The van der Waals surface area contributed by atoms with Crippen molar-refractivity contribution in [1.82, 2.24) is 4.90 Å². The predicted octanol–water partition coefficient (Wildman–Crippen LogP) is 5.12. The van der Waals surface area contributed by atoms with Gasteiger partial charge in [0.25, 0.3) is 0 Å². The van der Waals surface area contributed by atoms with Gasteiger partial charge in [-0.05, 0) is 49.2 Å². The van der Waals surface area contributed by atoms with Gasteiger partial charge >= 0.3 is 0 Å². The molecule has 1 saturated heterocycles. The normalized spacial score (nSPS) is 19.6. The van der Waals surface area contributed by atoms with Gasteiger partial charge in [0.15, 0.2) is 0 Å². The van der Waals surface area contributed by atoms with Crippen LogP contribution in [0.3, 0.4) is 0 Å². The highest BCUT2D eigenvalue weighted by Gasteiger charge is 2.30. The largest absolute Gasteiger partial charge is 0.292 e. The van der Waals surface area contributed by atoms with Crippen LogP contribution in [0.4, 0.5) is 0 Å². The summed E-state index contributed by atoms with van der Waals surface area (Å²) >= 11 is 1.93.